The van der Waals surface area contributed by atoms with E-state index >= 15 is 0 Å². The van der Waals surface area contributed by atoms with Gasteiger partial charge in [-0.3, -0.25) is 0 Å². The van der Waals surface area contributed by atoms with Crippen molar-refractivity contribution in [3.63, 3.8) is 0 Å². The fraction of sp³-hybridized carbons (Fsp3) is 0.727. The molecule has 2 N–H and O–H groups in total. The van der Waals surface area contributed by atoms with Crippen LogP contribution in [-0.4, -0.2) is 27.9 Å². The van der Waals surface area contributed by atoms with Gasteiger partial charge in [-0.15, -0.1) is 0 Å². The van der Waals surface area contributed by atoms with E-state index in [2.05, 4.69) is 4.98 Å². The number of alkyl halides is 6. The van der Waals surface area contributed by atoms with E-state index in [4.69, 9.17) is 5.73 Å². The Morgan fingerprint density at radius 2 is 1.75 bits per heavy atom. The monoisotopic (exact) mass is 303 g/mol. The largest absolute Gasteiger partial charge is 0.402 e. The Morgan fingerprint density at radius 1 is 1.20 bits per heavy atom. The quantitative estimate of drug-likeness (QED) is 0.850. The molecule has 0 aromatic carbocycles. The van der Waals surface area contributed by atoms with Crippen LogP contribution in [0, 0.1) is 5.92 Å². The SMILES string of the molecule is CCCn1ccnc1CC(N)C(C(F)(F)F)C(F)(F)F. The summed E-state index contributed by atoms with van der Waals surface area (Å²) in [6.45, 7) is 2.29. The zero-order chi connectivity index (χ0) is 15.6. The molecule has 0 bridgehead atoms. The maximum Gasteiger partial charge on any atom is 0.402 e. The first-order valence-electron chi connectivity index (χ1n) is 5.96. The predicted molar refractivity (Wildman–Crippen MR) is 59.8 cm³/mol. The molecule has 1 atom stereocenters. The van der Waals surface area contributed by atoms with Gasteiger partial charge < -0.3 is 10.3 Å². The number of aryl methyl sites for hydroxylation is 1. The molecular formula is C11H15F6N3. The van der Waals surface area contributed by atoms with Gasteiger partial charge in [0.2, 0.25) is 0 Å². The van der Waals surface area contributed by atoms with E-state index in [-0.39, 0.29) is 5.82 Å². The zero-order valence-electron chi connectivity index (χ0n) is 10.7. The number of nitrogens with zero attached hydrogens (tertiary/aromatic N) is 2. The number of rotatable bonds is 5. The first kappa shape index (κ1) is 16.8. The average Bonchev–Trinajstić information content (AvgIpc) is 2.61. The minimum atomic E-state index is -5.43. The highest BCUT2D eigenvalue weighted by Gasteiger charge is 2.59. The van der Waals surface area contributed by atoms with E-state index in [0.717, 1.165) is 0 Å². The summed E-state index contributed by atoms with van der Waals surface area (Å²) in [6, 6.07) is -2.12. The van der Waals surface area contributed by atoms with Crippen molar-refractivity contribution in [1.82, 2.24) is 9.55 Å². The van der Waals surface area contributed by atoms with Crippen molar-refractivity contribution in [3.05, 3.63) is 18.2 Å². The third-order valence-electron chi connectivity index (χ3n) is 2.82. The van der Waals surface area contributed by atoms with E-state index in [1.54, 1.807) is 0 Å². The number of imidazole rings is 1. The van der Waals surface area contributed by atoms with Gasteiger partial charge >= 0.3 is 12.4 Å². The summed E-state index contributed by atoms with van der Waals surface area (Å²) in [5.74, 6) is -3.43. The van der Waals surface area contributed by atoms with Crippen LogP contribution in [0.4, 0.5) is 26.3 Å². The number of halogens is 6. The molecule has 1 rings (SSSR count). The third kappa shape index (κ3) is 4.12. The van der Waals surface area contributed by atoms with Gasteiger partial charge in [-0.2, -0.15) is 26.3 Å². The molecule has 1 aromatic rings. The third-order valence-corrected chi connectivity index (χ3v) is 2.82. The Balaban J connectivity index is 2.92. The van der Waals surface area contributed by atoms with Crippen LogP contribution in [0.15, 0.2) is 12.4 Å². The van der Waals surface area contributed by atoms with Gasteiger partial charge in [0, 0.05) is 31.4 Å². The number of hydrogen-bond donors (Lipinski definition) is 1. The van der Waals surface area contributed by atoms with E-state index in [1.807, 2.05) is 6.92 Å². The first-order chi connectivity index (χ1) is 9.07. The molecule has 1 aromatic heterocycles. The highest BCUT2D eigenvalue weighted by molar-refractivity contribution is 4.98. The molecule has 0 radical (unpaired) electrons. The lowest BCUT2D eigenvalue weighted by Gasteiger charge is -2.28. The first-order valence-corrected chi connectivity index (χ1v) is 5.96. The van der Waals surface area contributed by atoms with Crippen LogP contribution in [0.25, 0.3) is 0 Å². The molecule has 116 valence electrons. The highest BCUT2D eigenvalue weighted by atomic mass is 19.4. The van der Waals surface area contributed by atoms with Crippen molar-refractivity contribution in [2.24, 2.45) is 11.7 Å². The second-order valence-electron chi connectivity index (χ2n) is 4.47. The molecule has 0 aliphatic carbocycles. The zero-order valence-corrected chi connectivity index (χ0v) is 10.7. The van der Waals surface area contributed by atoms with Crippen LogP contribution < -0.4 is 5.73 Å². The van der Waals surface area contributed by atoms with Crippen molar-refractivity contribution in [2.45, 2.75) is 44.7 Å². The van der Waals surface area contributed by atoms with Crippen LogP contribution in [0.3, 0.4) is 0 Å². The molecule has 1 unspecified atom stereocenters. The molecule has 0 aliphatic rings. The maximum absolute atomic E-state index is 12.5. The number of hydrogen-bond acceptors (Lipinski definition) is 2. The second-order valence-corrected chi connectivity index (χ2v) is 4.47. The van der Waals surface area contributed by atoms with E-state index < -0.39 is 30.7 Å². The van der Waals surface area contributed by atoms with Gasteiger partial charge in [0.1, 0.15) is 5.82 Å². The van der Waals surface area contributed by atoms with Crippen molar-refractivity contribution < 1.29 is 26.3 Å². The molecule has 0 spiro atoms. The van der Waals surface area contributed by atoms with Gasteiger partial charge in [0.05, 0.1) is 0 Å². The lowest BCUT2D eigenvalue weighted by Crippen LogP contribution is -2.50. The van der Waals surface area contributed by atoms with Crippen LogP contribution in [0.1, 0.15) is 19.2 Å². The Labute approximate surface area is 111 Å². The van der Waals surface area contributed by atoms with Crippen molar-refractivity contribution >= 4 is 0 Å². The van der Waals surface area contributed by atoms with E-state index in [0.29, 0.717) is 13.0 Å². The lowest BCUT2D eigenvalue weighted by molar-refractivity contribution is -0.289. The molecular weight excluding hydrogens is 288 g/mol. The molecule has 0 amide bonds. The van der Waals surface area contributed by atoms with Gasteiger partial charge in [0.15, 0.2) is 5.92 Å². The molecule has 0 aliphatic heterocycles. The summed E-state index contributed by atoms with van der Waals surface area (Å²) in [6.07, 6.45) is -7.94. The van der Waals surface area contributed by atoms with E-state index in [1.165, 1.54) is 17.0 Å². The summed E-state index contributed by atoms with van der Waals surface area (Å²) in [4.78, 5) is 3.77. The molecule has 0 fully saturated rings. The smallest absolute Gasteiger partial charge is 0.335 e. The molecule has 3 nitrogen and oxygen atoms in total. The van der Waals surface area contributed by atoms with Crippen molar-refractivity contribution in [3.8, 4) is 0 Å². The highest BCUT2D eigenvalue weighted by Crippen LogP contribution is 2.41. The summed E-state index contributed by atoms with van der Waals surface area (Å²) < 4.78 is 76.6. The maximum atomic E-state index is 12.5. The Hall–Kier alpha value is -1.25. The Bertz CT molecular complexity index is 409. The molecule has 0 saturated heterocycles. The molecule has 9 heteroatoms. The normalized spacial score (nSPS) is 14.8. The van der Waals surface area contributed by atoms with E-state index in [9.17, 15) is 26.3 Å². The predicted octanol–water partition coefficient (Wildman–Crippen LogP) is 2.90. The summed E-state index contributed by atoms with van der Waals surface area (Å²) >= 11 is 0. The van der Waals surface area contributed by atoms with Crippen LogP contribution in [0.2, 0.25) is 0 Å². The standard InChI is InChI=1S/C11H15F6N3/c1-2-4-20-5-3-19-8(20)6-7(18)9(10(12,13)14)11(15,16)17/h3,5,7,9H,2,4,6,18H2,1H3. The Morgan fingerprint density at radius 3 is 2.20 bits per heavy atom. The van der Waals surface area contributed by atoms with Gasteiger partial charge in [-0.1, -0.05) is 6.92 Å². The van der Waals surface area contributed by atoms with Gasteiger partial charge in [0.25, 0.3) is 0 Å². The minimum absolute atomic E-state index is 0.123. The fourth-order valence-corrected chi connectivity index (χ4v) is 1.97. The summed E-state index contributed by atoms with van der Waals surface area (Å²) in [5, 5.41) is 0. The number of aromatic nitrogens is 2. The molecule has 0 saturated carbocycles. The number of nitrogens with two attached hydrogens (primary N) is 1. The van der Waals surface area contributed by atoms with Crippen LogP contribution >= 0.6 is 0 Å². The van der Waals surface area contributed by atoms with Crippen LogP contribution in [-0.2, 0) is 13.0 Å². The topological polar surface area (TPSA) is 43.8 Å². The second kappa shape index (κ2) is 6.02. The minimum Gasteiger partial charge on any atom is -0.335 e. The average molecular weight is 303 g/mol. The fourth-order valence-electron chi connectivity index (χ4n) is 1.97. The molecule has 20 heavy (non-hydrogen) atoms. The van der Waals surface area contributed by atoms with Crippen molar-refractivity contribution in [1.29, 1.82) is 0 Å². The molecule has 1 heterocycles. The lowest BCUT2D eigenvalue weighted by atomic mass is 9.96. The summed E-state index contributed by atoms with van der Waals surface area (Å²) in [7, 11) is 0. The van der Waals surface area contributed by atoms with Gasteiger partial charge in [-0.25, -0.2) is 4.98 Å². The van der Waals surface area contributed by atoms with Gasteiger partial charge in [-0.05, 0) is 6.42 Å². The van der Waals surface area contributed by atoms with Crippen molar-refractivity contribution in [2.75, 3.05) is 0 Å². The van der Waals surface area contributed by atoms with Crippen LogP contribution in [0.5, 0.6) is 0 Å². The Kier molecular flexibility index (Phi) is 5.06. The summed E-state index contributed by atoms with van der Waals surface area (Å²) in [5.41, 5.74) is 5.15.